The average molecular weight is 412 g/mol. The number of fused-ring (bicyclic) bond motifs is 1. The number of rotatable bonds is 8. The van der Waals surface area contributed by atoms with Crippen molar-refractivity contribution >= 4 is 56.4 Å². The fourth-order valence-corrected chi connectivity index (χ4v) is 5.54. The van der Waals surface area contributed by atoms with Crippen molar-refractivity contribution in [3.8, 4) is 0 Å². The number of carbonyl (C=O) groups excluding carboxylic acids is 2. The third-order valence-corrected chi connectivity index (χ3v) is 7.04. The number of nitrogens with zero attached hydrogens (tertiary/aromatic N) is 2. The highest BCUT2D eigenvalue weighted by molar-refractivity contribution is 8.01. The largest absolute Gasteiger partial charge is 0.365 e. The summed E-state index contributed by atoms with van der Waals surface area (Å²) < 4.78 is 0.732. The van der Waals surface area contributed by atoms with Crippen LogP contribution in [0.15, 0.2) is 4.34 Å². The third-order valence-electron chi connectivity index (χ3n) is 3.82. The summed E-state index contributed by atoms with van der Waals surface area (Å²) in [5, 5.41) is 15.5. The number of aryl methyl sites for hydroxylation is 1. The van der Waals surface area contributed by atoms with Gasteiger partial charge in [-0.1, -0.05) is 36.9 Å². The minimum atomic E-state index is -0.475. The maximum Gasteiger partial charge on any atom is 0.251 e. The molecule has 26 heavy (non-hydrogen) atoms. The number of primary amides is 1. The summed E-state index contributed by atoms with van der Waals surface area (Å²) in [4.78, 5) is 25.2. The molecule has 1 aliphatic carbocycles. The molecule has 140 valence electrons. The first-order chi connectivity index (χ1) is 12.4. The Morgan fingerprint density at radius 2 is 2.08 bits per heavy atom. The van der Waals surface area contributed by atoms with E-state index in [-0.39, 0.29) is 11.7 Å². The number of thioether (sulfide) groups is 1. The van der Waals surface area contributed by atoms with Crippen molar-refractivity contribution in [2.45, 2.75) is 37.4 Å². The van der Waals surface area contributed by atoms with E-state index in [4.69, 9.17) is 5.73 Å². The van der Waals surface area contributed by atoms with Gasteiger partial charge in [-0.25, -0.2) is 0 Å². The SMILES string of the molecule is CC(C)CNc1nnc(SCC(=O)Nc2sc3c(c2C(N)=O)CCC3)s1. The molecule has 7 nitrogen and oxygen atoms in total. The highest BCUT2D eigenvalue weighted by Crippen LogP contribution is 2.39. The van der Waals surface area contributed by atoms with Crippen molar-refractivity contribution < 1.29 is 9.59 Å². The molecule has 1 aliphatic rings. The van der Waals surface area contributed by atoms with E-state index >= 15 is 0 Å². The number of thiophene rings is 1. The average Bonchev–Trinajstić information content (AvgIpc) is 3.26. The summed E-state index contributed by atoms with van der Waals surface area (Å²) in [6.07, 6.45) is 2.84. The molecule has 0 unspecified atom stereocenters. The van der Waals surface area contributed by atoms with Crippen LogP contribution in [0.5, 0.6) is 0 Å². The summed E-state index contributed by atoms with van der Waals surface area (Å²) in [5.41, 5.74) is 7.01. The lowest BCUT2D eigenvalue weighted by Crippen LogP contribution is -2.18. The van der Waals surface area contributed by atoms with Gasteiger partial charge in [-0.3, -0.25) is 9.59 Å². The lowest BCUT2D eigenvalue weighted by Gasteiger charge is -2.05. The molecule has 0 bridgehead atoms. The van der Waals surface area contributed by atoms with E-state index in [2.05, 4.69) is 34.7 Å². The van der Waals surface area contributed by atoms with Gasteiger partial charge >= 0.3 is 0 Å². The van der Waals surface area contributed by atoms with Gasteiger partial charge < -0.3 is 16.4 Å². The van der Waals surface area contributed by atoms with E-state index in [1.807, 2.05) is 0 Å². The van der Waals surface area contributed by atoms with Crippen LogP contribution >= 0.6 is 34.4 Å². The molecule has 0 saturated heterocycles. The summed E-state index contributed by atoms with van der Waals surface area (Å²) in [5.74, 6) is 0.0777. The van der Waals surface area contributed by atoms with Crippen molar-refractivity contribution in [3.63, 3.8) is 0 Å². The van der Waals surface area contributed by atoms with Crippen molar-refractivity contribution in [1.29, 1.82) is 0 Å². The predicted octanol–water partition coefficient (Wildman–Crippen LogP) is 2.99. The molecule has 0 spiro atoms. The highest BCUT2D eigenvalue weighted by atomic mass is 32.2. The zero-order chi connectivity index (χ0) is 18.7. The van der Waals surface area contributed by atoms with Crippen LogP contribution in [0.4, 0.5) is 10.1 Å². The van der Waals surface area contributed by atoms with Crippen molar-refractivity contribution in [3.05, 3.63) is 16.0 Å². The number of nitrogens with two attached hydrogens (primary N) is 1. The van der Waals surface area contributed by atoms with Crippen LogP contribution in [0.25, 0.3) is 0 Å². The predicted molar refractivity (Wildman–Crippen MR) is 107 cm³/mol. The molecule has 0 radical (unpaired) electrons. The summed E-state index contributed by atoms with van der Waals surface area (Å²) in [6, 6.07) is 0. The molecule has 2 aromatic rings. The van der Waals surface area contributed by atoms with E-state index in [0.29, 0.717) is 16.5 Å². The van der Waals surface area contributed by atoms with E-state index < -0.39 is 5.91 Å². The Morgan fingerprint density at radius 1 is 1.27 bits per heavy atom. The van der Waals surface area contributed by atoms with Crippen LogP contribution in [0.3, 0.4) is 0 Å². The molecule has 2 amide bonds. The molecule has 0 fully saturated rings. The number of hydrogen-bond donors (Lipinski definition) is 3. The number of hydrogen-bond acceptors (Lipinski definition) is 8. The molecule has 0 atom stereocenters. The summed E-state index contributed by atoms with van der Waals surface area (Å²) >= 11 is 4.22. The number of carbonyl (C=O) groups is 2. The van der Waals surface area contributed by atoms with Crippen LogP contribution in [-0.2, 0) is 17.6 Å². The third kappa shape index (κ3) is 4.54. The Labute approximate surface area is 164 Å². The molecular formula is C16H21N5O2S3. The fraction of sp³-hybridized carbons (Fsp3) is 0.500. The van der Waals surface area contributed by atoms with Gasteiger partial charge in [0.25, 0.3) is 5.91 Å². The minimum absolute atomic E-state index is 0.177. The molecule has 0 aliphatic heterocycles. The molecule has 3 rings (SSSR count). The molecule has 0 aromatic carbocycles. The topological polar surface area (TPSA) is 110 Å². The van der Waals surface area contributed by atoms with Crippen LogP contribution in [-0.4, -0.2) is 34.3 Å². The first kappa shape index (κ1) is 19.1. The smallest absolute Gasteiger partial charge is 0.251 e. The number of amides is 2. The van der Waals surface area contributed by atoms with Gasteiger partial charge in [0.1, 0.15) is 5.00 Å². The van der Waals surface area contributed by atoms with Crippen molar-refractivity contribution in [2.24, 2.45) is 11.7 Å². The highest BCUT2D eigenvalue weighted by Gasteiger charge is 2.26. The van der Waals surface area contributed by atoms with Gasteiger partial charge in [-0.15, -0.1) is 21.5 Å². The normalized spacial score (nSPS) is 13.0. The molecule has 2 heterocycles. The van der Waals surface area contributed by atoms with Gasteiger partial charge in [0.05, 0.1) is 11.3 Å². The van der Waals surface area contributed by atoms with Gasteiger partial charge in [0, 0.05) is 11.4 Å². The standard InChI is InChI=1S/C16H21N5O2S3/c1-8(2)6-18-15-20-21-16(26-15)24-7-11(22)19-14-12(13(17)23)9-4-3-5-10(9)25-14/h8H,3-7H2,1-2H3,(H2,17,23)(H,18,20)(H,19,22). The zero-order valence-corrected chi connectivity index (χ0v) is 17.1. The number of anilines is 2. The van der Waals surface area contributed by atoms with E-state index in [1.165, 1.54) is 34.4 Å². The van der Waals surface area contributed by atoms with Crippen LogP contribution < -0.4 is 16.4 Å². The Bertz CT molecular complexity index is 815. The fourth-order valence-electron chi connectivity index (χ4n) is 2.67. The second-order valence-corrected chi connectivity index (χ2v) is 9.72. The first-order valence-corrected chi connectivity index (χ1v) is 11.0. The summed E-state index contributed by atoms with van der Waals surface area (Å²) in [7, 11) is 0. The number of aromatic nitrogens is 2. The Balaban J connectivity index is 1.56. The molecule has 2 aromatic heterocycles. The monoisotopic (exact) mass is 411 g/mol. The van der Waals surface area contributed by atoms with E-state index in [1.54, 1.807) is 0 Å². The maximum atomic E-state index is 12.3. The molecule has 4 N–H and O–H groups in total. The molecule has 0 saturated carbocycles. The Kier molecular flexibility index (Phi) is 6.15. The van der Waals surface area contributed by atoms with Gasteiger partial charge in [-0.2, -0.15) is 0 Å². The van der Waals surface area contributed by atoms with Crippen molar-refractivity contribution in [1.82, 2.24) is 10.2 Å². The van der Waals surface area contributed by atoms with Crippen LogP contribution in [0.2, 0.25) is 0 Å². The lowest BCUT2D eigenvalue weighted by molar-refractivity contribution is -0.113. The minimum Gasteiger partial charge on any atom is -0.365 e. The molecule has 10 heteroatoms. The maximum absolute atomic E-state index is 12.3. The van der Waals surface area contributed by atoms with Crippen molar-refractivity contribution in [2.75, 3.05) is 22.9 Å². The van der Waals surface area contributed by atoms with E-state index in [9.17, 15) is 9.59 Å². The van der Waals surface area contributed by atoms with Crippen LogP contribution in [0.1, 0.15) is 41.1 Å². The number of nitrogens with one attached hydrogen (secondary N) is 2. The van der Waals surface area contributed by atoms with Gasteiger partial charge in [-0.05, 0) is 30.7 Å². The van der Waals surface area contributed by atoms with Gasteiger partial charge in [0.15, 0.2) is 4.34 Å². The molecular weight excluding hydrogens is 390 g/mol. The first-order valence-electron chi connectivity index (χ1n) is 8.38. The lowest BCUT2D eigenvalue weighted by atomic mass is 10.1. The summed E-state index contributed by atoms with van der Waals surface area (Å²) in [6.45, 7) is 5.07. The zero-order valence-electron chi connectivity index (χ0n) is 14.6. The second-order valence-electron chi connectivity index (χ2n) is 6.41. The van der Waals surface area contributed by atoms with Gasteiger partial charge in [0.2, 0.25) is 11.0 Å². The van der Waals surface area contributed by atoms with Crippen LogP contribution in [0, 0.1) is 5.92 Å². The Morgan fingerprint density at radius 3 is 2.81 bits per heavy atom. The Hall–Kier alpha value is -1.65. The second kappa shape index (κ2) is 8.36. The van der Waals surface area contributed by atoms with E-state index in [0.717, 1.165) is 45.7 Å². The quantitative estimate of drug-likeness (QED) is 0.576.